The van der Waals surface area contributed by atoms with E-state index in [4.69, 9.17) is 9.47 Å². The third kappa shape index (κ3) is 3.23. The summed E-state index contributed by atoms with van der Waals surface area (Å²) >= 11 is 1.46. The summed E-state index contributed by atoms with van der Waals surface area (Å²) in [5, 5.41) is 3.48. The van der Waals surface area contributed by atoms with Crippen LogP contribution in [0.3, 0.4) is 0 Å². The number of carbonyl (C=O) groups excluding carboxylic acids is 1. The normalized spacial score (nSPS) is 14.4. The van der Waals surface area contributed by atoms with Crippen LogP contribution in [0.15, 0.2) is 42.5 Å². The molecule has 0 aliphatic carbocycles. The summed E-state index contributed by atoms with van der Waals surface area (Å²) < 4.78 is 11.7. The number of rotatable bonds is 3. The smallest absolute Gasteiger partial charge is 0.323 e. The number of fused-ring (bicyclic) bond motifs is 1. The molecule has 26 heavy (non-hydrogen) atoms. The fourth-order valence-corrected chi connectivity index (χ4v) is 3.99. The number of aromatic nitrogens is 1. The molecule has 1 aliphatic heterocycles. The Morgan fingerprint density at radius 3 is 2.69 bits per heavy atom. The first kappa shape index (κ1) is 16.8. The van der Waals surface area contributed by atoms with Gasteiger partial charge in [-0.25, -0.2) is 9.78 Å². The molecule has 0 bridgehead atoms. The van der Waals surface area contributed by atoms with Crippen molar-refractivity contribution in [1.82, 2.24) is 9.88 Å². The highest BCUT2D eigenvalue weighted by Gasteiger charge is 2.20. The minimum absolute atomic E-state index is 0.146. The fourth-order valence-electron chi connectivity index (χ4n) is 2.98. The van der Waals surface area contributed by atoms with Crippen molar-refractivity contribution in [2.45, 2.75) is 0 Å². The minimum Gasteiger partial charge on any atom is -0.494 e. The summed E-state index contributed by atoms with van der Waals surface area (Å²) in [4.78, 5) is 18.8. The number of carbonyl (C=O) groups is 1. The summed E-state index contributed by atoms with van der Waals surface area (Å²) in [5.74, 6) is 0.697. The van der Waals surface area contributed by atoms with E-state index in [-0.39, 0.29) is 6.03 Å². The first-order valence-corrected chi connectivity index (χ1v) is 9.24. The number of methoxy groups -OCH3 is 1. The van der Waals surface area contributed by atoms with Crippen molar-refractivity contribution in [3.8, 4) is 16.9 Å². The third-order valence-electron chi connectivity index (χ3n) is 4.32. The number of urea groups is 1. The van der Waals surface area contributed by atoms with Crippen LogP contribution in [0, 0.1) is 0 Å². The van der Waals surface area contributed by atoms with Crippen LogP contribution in [0.5, 0.6) is 5.75 Å². The average Bonchev–Trinajstić information content (AvgIpc) is 3.12. The lowest BCUT2D eigenvalue weighted by Gasteiger charge is -2.26. The zero-order valence-corrected chi connectivity index (χ0v) is 15.2. The van der Waals surface area contributed by atoms with Crippen LogP contribution < -0.4 is 10.1 Å². The summed E-state index contributed by atoms with van der Waals surface area (Å²) in [6.07, 6.45) is 0. The summed E-state index contributed by atoms with van der Waals surface area (Å²) in [7, 11) is 1.63. The van der Waals surface area contributed by atoms with Gasteiger partial charge in [-0.2, -0.15) is 0 Å². The van der Waals surface area contributed by atoms with Gasteiger partial charge in [0.2, 0.25) is 0 Å². The number of morpholine rings is 1. The molecule has 1 N–H and O–H groups in total. The molecule has 0 radical (unpaired) electrons. The summed E-state index contributed by atoms with van der Waals surface area (Å²) in [6.45, 7) is 2.32. The highest BCUT2D eigenvalue weighted by Crippen LogP contribution is 2.39. The quantitative estimate of drug-likeness (QED) is 0.762. The van der Waals surface area contributed by atoms with Gasteiger partial charge in [0.25, 0.3) is 0 Å². The van der Waals surface area contributed by atoms with E-state index < -0.39 is 0 Å². The van der Waals surface area contributed by atoms with Crippen LogP contribution in [0.1, 0.15) is 0 Å². The van der Waals surface area contributed by atoms with E-state index >= 15 is 0 Å². The lowest BCUT2D eigenvalue weighted by atomic mass is 10.1. The van der Waals surface area contributed by atoms with E-state index in [0.717, 1.165) is 21.3 Å². The molecule has 6 nitrogen and oxygen atoms in total. The second-order valence-electron chi connectivity index (χ2n) is 5.91. The average molecular weight is 369 g/mol. The molecule has 1 saturated heterocycles. The van der Waals surface area contributed by atoms with Gasteiger partial charge < -0.3 is 14.4 Å². The largest absolute Gasteiger partial charge is 0.494 e. The Hall–Kier alpha value is -2.64. The molecule has 3 aromatic rings. The van der Waals surface area contributed by atoms with Crippen molar-refractivity contribution in [3.63, 3.8) is 0 Å². The summed E-state index contributed by atoms with van der Waals surface area (Å²) in [5.41, 5.74) is 2.94. The number of thiazole rings is 1. The van der Waals surface area contributed by atoms with Crippen LogP contribution in [0.25, 0.3) is 21.3 Å². The van der Waals surface area contributed by atoms with Gasteiger partial charge in [0.1, 0.15) is 11.3 Å². The molecule has 1 aliphatic rings. The number of ether oxygens (including phenoxy) is 2. The molecule has 7 heteroatoms. The molecule has 0 saturated carbocycles. The van der Waals surface area contributed by atoms with Crippen molar-refractivity contribution in [2.75, 3.05) is 38.7 Å². The molecular weight excluding hydrogens is 350 g/mol. The number of hydrogen-bond acceptors (Lipinski definition) is 5. The molecular formula is C19H19N3O3S. The molecule has 134 valence electrons. The SMILES string of the molecule is COc1ccc(-c2ccccc2)c2sc(NC(=O)N3CCOCC3)nc12. The van der Waals surface area contributed by atoms with Crippen molar-refractivity contribution < 1.29 is 14.3 Å². The maximum absolute atomic E-state index is 12.4. The predicted octanol–water partition coefficient (Wildman–Crippen LogP) is 3.84. The molecule has 0 spiro atoms. The summed E-state index contributed by atoms with van der Waals surface area (Å²) in [6, 6.07) is 13.9. The highest BCUT2D eigenvalue weighted by atomic mass is 32.1. The van der Waals surface area contributed by atoms with E-state index in [1.165, 1.54) is 11.3 Å². The van der Waals surface area contributed by atoms with Gasteiger partial charge in [-0.15, -0.1) is 0 Å². The second-order valence-corrected chi connectivity index (χ2v) is 6.91. The van der Waals surface area contributed by atoms with E-state index in [1.54, 1.807) is 12.0 Å². The van der Waals surface area contributed by atoms with Crippen molar-refractivity contribution >= 4 is 32.7 Å². The topological polar surface area (TPSA) is 63.7 Å². The van der Waals surface area contributed by atoms with Crippen LogP contribution in [-0.2, 0) is 4.74 Å². The predicted molar refractivity (Wildman–Crippen MR) is 103 cm³/mol. The number of hydrogen-bond donors (Lipinski definition) is 1. The van der Waals surface area contributed by atoms with E-state index in [1.807, 2.05) is 30.3 Å². The van der Waals surface area contributed by atoms with Gasteiger partial charge in [-0.1, -0.05) is 41.7 Å². The Balaban J connectivity index is 1.70. The molecule has 1 fully saturated rings. The first-order valence-electron chi connectivity index (χ1n) is 8.43. The Kier molecular flexibility index (Phi) is 4.73. The zero-order valence-electron chi connectivity index (χ0n) is 14.4. The van der Waals surface area contributed by atoms with Crippen LogP contribution in [0.4, 0.5) is 9.93 Å². The number of nitrogens with zero attached hydrogens (tertiary/aromatic N) is 2. The van der Waals surface area contributed by atoms with Gasteiger partial charge in [0.15, 0.2) is 5.13 Å². The number of anilines is 1. The van der Waals surface area contributed by atoms with Gasteiger partial charge in [0.05, 0.1) is 25.0 Å². The molecule has 0 atom stereocenters. The van der Waals surface area contributed by atoms with Gasteiger partial charge >= 0.3 is 6.03 Å². The monoisotopic (exact) mass is 369 g/mol. The maximum atomic E-state index is 12.4. The van der Waals surface area contributed by atoms with Crippen LogP contribution >= 0.6 is 11.3 Å². The number of benzene rings is 2. The third-order valence-corrected chi connectivity index (χ3v) is 5.33. The fraction of sp³-hybridized carbons (Fsp3) is 0.263. The number of amides is 2. The van der Waals surface area contributed by atoms with Gasteiger partial charge in [-0.3, -0.25) is 5.32 Å². The van der Waals surface area contributed by atoms with E-state index in [0.29, 0.717) is 37.2 Å². The Bertz CT molecular complexity index is 920. The van der Waals surface area contributed by atoms with E-state index in [9.17, 15) is 4.79 Å². The molecule has 2 amide bonds. The highest BCUT2D eigenvalue weighted by molar-refractivity contribution is 7.23. The van der Waals surface area contributed by atoms with Crippen LogP contribution in [-0.4, -0.2) is 49.3 Å². The Morgan fingerprint density at radius 2 is 1.96 bits per heavy atom. The molecule has 0 unspecified atom stereocenters. The van der Waals surface area contributed by atoms with E-state index in [2.05, 4.69) is 22.4 Å². The molecule has 4 rings (SSSR count). The lowest BCUT2D eigenvalue weighted by Crippen LogP contribution is -2.43. The second kappa shape index (κ2) is 7.31. The molecule has 2 aromatic carbocycles. The standard InChI is InChI=1S/C19H19N3O3S/c1-24-15-8-7-14(13-5-3-2-4-6-13)17-16(15)20-18(26-17)21-19(23)22-9-11-25-12-10-22/h2-8H,9-12H2,1H3,(H,20,21,23). The zero-order chi connectivity index (χ0) is 17.9. The molecule has 1 aromatic heterocycles. The van der Waals surface area contributed by atoms with Gasteiger partial charge in [-0.05, 0) is 17.7 Å². The lowest BCUT2D eigenvalue weighted by molar-refractivity contribution is 0.0564. The number of nitrogens with one attached hydrogen (secondary N) is 1. The van der Waals surface area contributed by atoms with Crippen LogP contribution in [0.2, 0.25) is 0 Å². The minimum atomic E-state index is -0.146. The first-order chi connectivity index (χ1) is 12.8. The Morgan fingerprint density at radius 1 is 1.19 bits per heavy atom. The maximum Gasteiger partial charge on any atom is 0.323 e. The van der Waals surface area contributed by atoms with Crippen molar-refractivity contribution in [1.29, 1.82) is 0 Å². The van der Waals surface area contributed by atoms with Crippen molar-refractivity contribution in [2.24, 2.45) is 0 Å². The molecule has 2 heterocycles. The van der Waals surface area contributed by atoms with Gasteiger partial charge in [0, 0.05) is 18.7 Å². The van der Waals surface area contributed by atoms with Crippen molar-refractivity contribution in [3.05, 3.63) is 42.5 Å². The Labute approximate surface area is 155 Å².